The summed E-state index contributed by atoms with van der Waals surface area (Å²) < 4.78 is 8.48. The highest BCUT2D eigenvalue weighted by molar-refractivity contribution is 6.31. The third kappa shape index (κ3) is 6.04. The van der Waals surface area contributed by atoms with Crippen molar-refractivity contribution < 1.29 is 4.74 Å². The summed E-state index contributed by atoms with van der Waals surface area (Å²) in [4.78, 5) is 4.77. The van der Waals surface area contributed by atoms with Crippen LogP contribution in [0.5, 0.6) is 5.75 Å². The number of ether oxygens (including phenoxy) is 1. The number of aromatic amines is 2. The number of tetrazole rings is 2. The standard InChI is InChI=1S/C32H27ClN10O/c33-25-13-11-22-12-15-26(34-27(22)19-25)14-10-21-4-1-6-24(18-21)28(7-3-9-30-35-39-40-36-30)43-17-16-23-5-2-8-29(32(23)43)44-20-31-37-41-42-38-31/h1-2,4-6,8,10-19,28H,3,7,9,20H2,(H,35,36,39,40)(H,37,38,41,42)/b14-10+. The minimum Gasteiger partial charge on any atom is -0.483 e. The van der Waals surface area contributed by atoms with E-state index >= 15 is 0 Å². The summed E-state index contributed by atoms with van der Waals surface area (Å²) >= 11 is 6.20. The van der Waals surface area contributed by atoms with Gasteiger partial charge in [0.05, 0.1) is 22.8 Å². The first-order valence-corrected chi connectivity index (χ1v) is 14.6. The molecule has 1 atom stereocenters. The highest BCUT2D eigenvalue weighted by Crippen LogP contribution is 2.35. The van der Waals surface area contributed by atoms with Crippen molar-refractivity contribution in [1.29, 1.82) is 0 Å². The summed E-state index contributed by atoms with van der Waals surface area (Å²) in [6.07, 6.45) is 8.66. The van der Waals surface area contributed by atoms with E-state index in [2.05, 4.69) is 101 Å². The van der Waals surface area contributed by atoms with Gasteiger partial charge in [0.2, 0.25) is 5.82 Å². The Morgan fingerprint density at radius 1 is 0.841 bits per heavy atom. The zero-order chi connectivity index (χ0) is 29.7. The Bertz CT molecular complexity index is 2040. The molecule has 0 aliphatic heterocycles. The number of rotatable bonds is 11. The van der Waals surface area contributed by atoms with E-state index in [-0.39, 0.29) is 12.6 Å². The van der Waals surface area contributed by atoms with Crippen LogP contribution in [0.3, 0.4) is 0 Å². The smallest absolute Gasteiger partial charge is 0.211 e. The molecule has 0 saturated heterocycles. The van der Waals surface area contributed by atoms with E-state index in [9.17, 15) is 0 Å². The van der Waals surface area contributed by atoms with Crippen molar-refractivity contribution in [1.82, 2.24) is 50.8 Å². The average Bonchev–Trinajstić information content (AvgIpc) is 3.84. The molecule has 12 heteroatoms. The largest absolute Gasteiger partial charge is 0.483 e. The Hall–Kier alpha value is -5.42. The number of pyridine rings is 1. The van der Waals surface area contributed by atoms with Crippen molar-refractivity contribution in [3.63, 3.8) is 0 Å². The minimum atomic E-state index is 0.0172. The zero-order valence-corrected chi connectivity index (χ0v) is 24.3. The fourth-order valence-electron chi connectivity index (χ4n) is 5.41. The third-order valence-electron chi connectivity index (χ3n) is 7.47. The summed E-state index contributed by atoms with van der Waals surface area (Å²) in [7, 11) is 0. The first kappa shape index (κ1) is 27.4. The number of nitrogens with one attached hydrogen (secondary N) is 2. The van der Waals surface area contributed by atoms with Crippen molar-refractivity contribution in [3.05, 3.63) is 119 Å². The Morgan fingerprint density at radius 3 is 2.55 bits per heavy atom. The monoisotopic (exact) mass is 602 g/mol. The molecule has 7 aromatic rings. The molecule has 11 nitrogen and oxygen atoms in total. The van der Waals surface area contributed by atoms with E-state index in [1.165, 1.54) is 5.56 Å². The lowest BCUT2D eigenvalue weighted by molar-refractivity contribution is 0.297. The maximum Gasteiger partial charge on any atom is 0.211 e. The number of aromatic nitrogens is 10. The molecule has 218 valence electrons. The number of aryl methyl sites for hydroxylation is 1. The molecule has 0 amide bonds. The van der Waals surface area contributed by atoms with Crippen LogP contribution >= 0.6 is 11.6 Å². The SMILES string of the molecule is Clc1ccc2ccc(/C=C/c3cccc(C(CCCc4nn[nH]n4)n4ccc5cccc(OCc6nn[nH]n6)c54)c3)nc2c1. The van der Waals surface area contributed by atoms with E-state index in [0.717, 1.165) is 51.7 Å². The Labute approximate surface area is 256 Å². The van der Waals surface area contributed by atoms with E-state index in [4.69, 9.17) is 21.3 Å². The molecule has 0 radical (unpaired) electrons. The number of H-pyrrole nitrogens is 2. The van der Waals surface area contributed by atoms with E-state index in [0.29, 0.717) is 23.1 Å². The summed E-state index contributed by atoms with van der Waals surface area (Å²) in [5.41, 5.74) is 4.97. The molecule has 0 bridgehead atoms. The Morgan fingerprint density at radius 2 is 1.68 bits per heavy atom. The van der Waals surface area contributed by atoms with Crippen molar-refractivity contribution in [3.8, 4) is 5.75 Å². The fourth-order valence-corrected chi connectivity index (χ4v) is 5.57. The highest BCUT2D eigenvalue weighted by Gasteiger charge is 2.19. The first-order chi connectivity index (χ1) is 21.7. The van der Waals surface area contributed by atoms with Crippen molar-refractivity contribution in [2.75, 3.05) is 0 Å². The second kappa shape index (κ2) is 12.4. The summed E-state index contributed by atoms with van der Waals surface area (Å²) in [6, 6.07) is 26.6. The minimum absolute atomic E-state index is 0.0172. The number of nitrogens with zero attached hydrogens (tertiary/aromatic N) is 8. The molecule has 0 spiro atoms. The van der Waals surface area contributed by atoms with Gasteiger partial charge in [-0.25, -0.2) is 4.98 Å². The van der Waals surface area contributed by atoms with Crippen LogP contribution in [-0.4, -0.2) is 50.8 Å². The van der Waals surface area contributed by atoms with E-state index in [1.54, 1.807) is 0 Å². The van der Waals surface area contributed by atoms with Gasteiger partial charge < -0.3 is 9.30 Å². The van der Waals surface area contributed by atoms with Crippen LogP contribution in [0.25, 0.3) is 34.0 Å². The maximum atomic E-state index is 6.20. The Balaban J connectivity index is 1.21. The number of hydrogen-bond acceptors (Lipinski definition) is 8. The molecule has 0 aliphatic rings. The van der Waals surface area contributed by atoms with Gasteiger partial charge in [0.25, 0.3) is 0 Å². The van der Waals surface area contributed by atoms with Crippen LogP contribution < -0.4 is 4.74 Å². The summed E-state index contributed by atoms with van der Waals surface area (Å²) in [5.74, 6) is 1.94. The van der Waals surface area contributed by atoms with Crippen molar-refractivity contribution in [2.24, 2.45) is 0 Å². The van der Waals surface area contributed by atoms with Gasteiger partial charge in [-0.3, -0.25) is 0 Å². The number of halogens is 1. The molecule has 4 heterocycles. The maximum absolute atomic E-state index is 6.20. The molecule has 0 saturated carbocycles. The van der Waals surface area contributed by atoms with Crippen LogP contribution in [0.15, 0.2) is 85.1 Å². The average molecular weight is 603 g/mol. The molecule has 7 rings (SSSR count). The number of fused-ring (bicyclic) bond motifs is 2. The van der Waals surface area contributed by atoms with Gasteiger partial charge in [0.15, 0.2) is 12.4 Å². The van der Waals surface area contributed by atoms with Crippen LogP contribution in [0.4, 0.5) is 0 Å². The summed E-state index contributed by atoms with van der Waals surface area (Å²) in [6.45, 7) is 0.207. The lowest BCUT2D eigenvalue weighted by Gasteiger charge is -2.22. The second-order valence-electron chi connectivity index (χ2n) is 10.3. The molecule has 2 N–H and O–H groups in total. The van der Waals surface area contributed by atoms with Gasteiger partial charge in [-0.05, 0) is 66.4 Å². The number of hydrogen-bond donors (Lipinski definition) is 2. The zero-order valence-electron chi connectivity index (χ0n) is 23.5. The van der Waals surface area contributed by atoms with Gasteiger partial charge in [-0.2, -0.15) is 10.4 Å². The lowest BCUT2D eigenvalue weighted by atomic mass is 9.98. The van der Waals surface area contributed by atoms with Crippen LogP contribution in [0.1, 0.15) is 47.4 Å². The van der Waals surface area contributed by atoms with Crippen LogP contribution in [-0.2, 0) is 13.0 Å². The van der Waals surface area contributed by atoms with Gasteiger partial charge in [0, 0.05) is 28.4 Å². The fraction of sp³-hybridized carbons (Fsp3) is 0.156. The van der Waals surface area contributed by atoms with Crippen molar-refractivity contribution >= 4 is 45.6 Å². The number of benzene rings is 3. The molecule has 0 aliphatic carbocycles. The molecular weight excluding hydrogens is 576 g/mol. The molecule has 1 unspecified atom stereocenters. The number of para-hydroxylation sites is 1. The molecule has 0 fully saturated rings. The predicted octanol–water partition coefficient (Wildman–Crippen LogP) is 6.23. The molecule has 4 aromatic heterocycles. The topological polar surface area (TPSA) is 136 Å². The molecule has 44 heavy (non-hydrogen) atoms. The third-order valence-corrected chi connectivity index (χ3v) is 7.70. The Kier molecular flexibility index (Phi) is 7.75. The lowest BCUT2D eigenvalue weighted by Crippen LogP contribution is -2.11. The van der Waals surface area contributed by atoms with Crippen molar-refractivity contribution in [2.45, 2.75) is 31.9 Å². The summed E-state index contributed by atoms with van der Waals surface area (Å²) in [5, 5.41) is 31.5. The van der Waals surface area contributed by atoms with E-state index in [1.807, 2.05) is 42.5 Å². The molecule has 3 aromatic carbocycles. The normalized spacial score (nSPS) is 12.4. The van der Waals surface area contributed by atoms with Gasteiger partial charge in [-0.15, -0.1) is 20.4 Å². The quantitative estimate of drug-likeness (QED) is 0.178. The molecular formula is C32H27ClN10O. The first-order valence-electron chi connectivity index (χ1n) is 14.2. The van der Waals surface area contributed by atoms with Gasteiger partial charge in [-0.1, -0.05) is 70.6 Å². The van der Waals surface area contributed by atoms with Crippen LogP contribution in [0.2, 0.25) is 5.02 Å². The van der Waals surface area contributed by atoms with E-state index < -0.39 is 0 Å². The van der Waals surface area contributed by atoms with Gasteiger partial charge >= 0.3 is 0 Å². The second-order valence-corrected chi connectivity index (χ2v) is 10.8. The van der Waals surface area contributed by atoms with Gasteiger partial charge in [0.1, 0.15) is 5.75 Å². The highest BCUT2D eigenvalue weighted by atomic mass is 35.5. The predicted molar refractivity (Wildman–Crippen MR) is 168 cm³/mol. The van der Waals surface area contributed by atoms with Crippen LogP contribution in [0, 0.1) is 0 Å².